The zero-order valence-electron chi connectivity index (χ0n) is 7.40. The number of allylic oxidation sites excluding steroid dienone is 2. The zero-order valence-corrected chi connectivity index (χ0v) is 8.21. The third kappa shape index (κ3) is 6.16. The Hall–Kier alpha value is -1.03. The number of thiocarbonyl (C=S) groups is 1. The Labute approximate surface area is 82.4 Å². The highest BCUT2D eigenvalue weighted by atomic mass is 32.1. The van der Waals surface area contributed by atoms with E-state index < -0.39 is 0 Å². The smallest absolute Gasteiger partial charge is 0.153 e. The predicted octanol–water partition coefficient (Wildman–Crippen LogP) is 1.61. The van der Waals surface area contributed by atoms with Gasteiger partial charge in [-0.05, 0) is 12.2 Å². The lowest BCUT2D eigenvalue weighted by molar-refractivity contribution is -0.122. The van der Waals surface area contributed by atoms with Crippen LogP contribution in [0.5, 0.6) is 0 Å². The summed E-state index contributed by atoms with van der Waals surface area (Å²) in [7, 11) is 0. The van der Waals surface area contributed by atoms with Gasteiger partial charge in [-0.1, -0.05) is 12.2 Å². The molecule has 1 aliphatic carbocycles. The molecule has 1 unspecified atom stereocenters. The van der Waals surface area contributed by atoms with Crippen LogP contribution in [0.2, 0.25) is 0 Å². The molecule has 0 aromatic carbocycles. The minimum atomic E-state index is -0.109. The summed E-state index contributed by atoms with van der Waals surface area (Å²) >= 11 is 4.09. The van der Waals surface area contributed by atoms with Crippen molar-refractivity contribution in [2.24, 2.45) is 5.92 Å². The van der Waals surface area contributed by atoms with Crippen LogP contribution in [-0.2, 0) is 9.59 Å². The molecule has 0 bridgehead atoms. The second-order valence-corrected chi connectivity index (χ2v) is 3.22. The number of carbonyl (C=O) groups excluding carboxylic acids is 2. The van der Waals surface area contributed by atoms with Gasteiger partial charge in [-0.15, -0.1) is 0 Å². The summed E-state index contributed by atoms with van der Waals surface area (Å²) in [4.78, 5) is 20.7. The SMILES string of the molecule is CC(O)=S.O=CCC1C=CCC1=O. The maximum Gasteiger partial charge on any atom is 0.153 e. The molecule has 3 nitrogen and oxygen atoms in total. The maximum absolute atomic E-state index is 10.7. The van der Waals surface area contributed by atoms with E-state index >= 15 is 0 Å². The Bertz CT molecular complexity index is 229. The number of aliphatic hydroxyl groups is 1. The Balaban J connectivity index is 0.000000310. The molecule has 1 atom stereocenters. The van der Waals surface area contributed by atoms with Crippen molar-refractivity contribution < 1.29 is 14.7 Å². The molecule has 0 heterocycles. The first-order valence-corrected chi connectivity index (χ1v) is 4.31. The van der Waals surface area contributed by atoms with Crippen molar-refractivity contribution in [2.45, 2.75) is 19.8 Å². The molecule has 0 fully saturated rings. The summed E-state index contributed by atoms with van der Waals surface area (Å²) in [5.74, 6) is 0.0598. The number of aliphatic hydroxyl groups excluding tert-OH is 1. The highest BCUT2D eigenvalue weighted by Crippen LogP contribution is 2.14. The summed E-state index contributed by atoms with van der Waals surface area (Å²) in [6, 6.07) is 0. The van der Waals surface area contributed by atoms with Crippen molar-refractivity contribution >= 4 is 29.3 Å². The summed E-state index contributed by atoms with van der Waals surface area (Å²) in [5, 5.41) is 7.79. The first kappa shape index (κ1) is 12.0. The predicted molar refractivity (Wildman–Crippen MR) is 53.8 cm³/mol. The van der Waals surface area contributed by atoms with Gasteiger partial charge in [0, 0.05) is 25.7 Å². The second-order valence-electron chi connectivity index (χ2n) is 2.63. The number of rotatable bonds is 2. The molecule has 0 aromatic rings. The van der Waals surface area contributed by atoms with Gasteiger partial charge in [0.05, 0.1) is 0 Å². The quantitative estimate of drug-likeness (QED) is 0.418. The van der Waals surface area contributed by atoms with Crippen LogP contribution in [0.1, 0.15) is 19.8 Å². The van der Waals surface area contributed by atoms with Crippen molar-refractivity contribution in [1.82, 2.24) is 0 Å². The van der Waals surface area contributed by atoms with Crippen LogP contribution in [0.3, 0.4) is 0 Å². The lowest BCUT2D eigenvalue weighted by Gasteiger charge is -1.96. The minimum Gasteiger partial charge on any atom is -0.502 e. The van der Waals surface area contributed by atoms with Gasteiger partial charge in [0.25, 0.3) is 0 Å². The van der Waals surface area contributed by atoms with Gasteiger partial charge in [-0.3, -0.25) is 4.79 Å². The summed E-state index contributed by atoms with van der Waals surface area (Å²) < 4.78 is 0. The van der Waals surface area contributed by atoms with Crippen LogP contribution < -0.4 is 0 Å². The van der Waals surface area contributed by atoms with Crippen LogP contribution in [0.4, 0.5) is 0 Å². The van der Waals surface area contributed by atoms with Crippen LogP contribution in [-0.4, -0.2) is 22.2 Å². The van der Waals surface area contributed by atoms with Crippen molar-refractivity contribution in [2.75, 3.05) is 0 Å². The average molecular weight is 200 g/mol. The summed E-state index contributed by atoms with van der Waals surface area (Å²) in [6.07, 6.45) is 5.28. The van der Waals surface area contributed by atoms with Gasteiger partial charge < -0.3 is 9.90 Å². The normalized spacial score (nSPS) is 19.2. The number of Topliss-reactive ketones (excluding diaryl/α,β-unsaturated/α-hetero) is 1. The Morgan fingerprint density at radius 3 is 2.69 bits per heavy atom. The highest BCUT2D eigenvalue weighted by Gasteiger charge is 2.17. The molecule has 0 aliphatic heterocycles. The highest BCUT2D eigenvalue weighted by molar-refractivity contribution is 7.79. The molecular formula is C9H12O3S. The van der Waals surface area contributed by atoms with E-state index in [1.54, 1.807) is 6.08 Å². The number of hydrogen-bond acceptors (Lipinski definition) is 3. The molecular weight excluding hydrogens is 188 g/mol. The van der Waals surface area contributed by atoms with Gasteiger partial charge >= 0.3 is 0 Å². The van der Waals surface area contributed by atoms with Crippen LogP contribution in [0.15, 0.2) is 12.2 Å². The van der Waals surface area contributed by atoms with Gasteiger partial charge in [-0.25, -0.2) is 0 Å². The van der Waals surface area contributed by atoms with Crippen molar-refractivity contribution in [1.29, 1.82) is 0 Å². The van der Waals surface area contributed by atoms with Gasteiger partial charge in [0.15, 0.2) is 5.05 Å². The number of ketones is 1. The van der Waals surface area contributed by atoms with Crippen molar-refractivity contribution in [3.8, 4) is 0 Å². The summed E-state index contributed by atoms with van der Waals surface area (Å²) in [6.45, 7) is 1.45. The van der Waals surface area contributed by atoms with Crippen LogP contribution >= 0.6 is 12.2 Å². The molecule has 4 heteroatoms. The van der Waals surface area contributed by atoms with E-state index in [0.717, 1.165) is 6.29 Å². The second kappa shape index (κ2) is 6.48. The fourth-order valence-corrected chi connectivity index (χ4v) is 0.921. The fourth-order valence-electron chi connectivity index (χ4n) is 0.921. The fraction of sp³-hybridized carbons (Fsp3) is 0.444. The zero-order chi connectivity index (χ0) is 10.3. The Kier molecular flexibility index (Phi) is 5.97. The largest absolute Gasteiger partial charge is 0.502 e. The van der Waals surface area contributed by atoms with Gasteiger partial charge in [0.1, 0.15) is 12.1 Å². The third-order valence-electron chi connectivity index (χ3n) is 1.45. The Morgan fingerprint density at radius 2 is 2.38 bits per heavy atom. The Morgan fingerprint density at radius 1 is 1.85 bits per heavy atom. The van der Waals surface area contributed by atoms with E-state index in [1.165, 1.54) is 6.92 Å². The molecule has 72 valence electrons. The standard InChI is InChI=1S/C7H8O2.C2H4OS/c8-5-4-6-2-1-3-7(6)9;1-2(3)4/h1-2,5-6H,3-4H2;1H3,(H,3,4). The first-order chi connectivity index (χ1) is 6.07. The molecule has 1 aliphatic rings. The minimum absolute atomic E-state index is 0.000000000000000222. The molecule has 0 saturated heterocycles. The van der Waals surface area contributed by atoms with Crippen LogP contribution in [0.25, 0.3) is 0 Å². The van der Waals surface area contributed by atoms with E-state index in [1.807, 2.05) is 6.08 Å². The van der Waals surface area contributed by atoms with Crippen LogP contribution in [0, 0.1) is 5.92 Å². The van der Waals surface area contributed by atoms with E-state index in [-0.39, 0.29) is 16.8 Å². The lowest BCUT2D eigenvalue weighted by Crippen LogP contribution is -2.05. The van der Waals surface area contributed by atoms with Gasteiger partial charge in [-0.2, -0.15) is 0 Å². The van der Waals surface area contributed by atoms with Crippen molar-refractivity contribution in [3.63, 3.8) is 0 Å². The van der Waals surface area contributed by atoms with E-state index in [4.69, 9.17) is 5.11 Å². The number of aldehydes is 1. The average Bonchev–Trinajstić information content (AvgIpc) is 2.36. The molecule has 0 aromatic heterocycles. The molecule has 1 rings (SSSR count). The lowest BCUT2D eigenvalue weighted by atomic mass is 10.1. The van der Waals surface area contributed by atoms with E-state index in [2.05, 4.69) is 12.2 Å². The van der Waals surface area contributed by atoms with Crippen molar-refractivity contribution in [3.05, 3.63) is 12.2 Å². The molecule has 1 N–H and O–H groups in total. The number of carbonyl (C=O) groups is 2. The van der Waals surface area contributed by atoms with E-state index in [0.29, 0.717) is 12.8 Å². The third-order valence-corrected chi connectivity index (χ3v) is 1.45. The van der Waals surface area contributed by atoms with E-state index in [9.17, 15) is 9.59 Å². The topological polar surface area (TPSA) is 54.4 Å². The maximum atomic E-state index is 10.7. The molecule has 0 radical (unpaired) electrons. The molecule has 0 spiro atoms. The monoisotopic (exact) mass is 200 g/mol. The summed E-state index contributed by atoms with van der Waals surface area (Å²) in [5.41, 5.74) is 0. The first-order valence-electron chi connectivity index (χ1n) is 3.90. The van der Waals surface area contributed by atoms with Gasteiger partial charge in [0.2, 0.25) is 0 Å². The molecule has 0 amide bonds. The number of hydrogen-bond donors (Lipinski definition) is 1. The molecule has 13 heavy (non-hydrogen) atoms. The molecule has 0 saturated carbocycles.